The number of morpholine rings is 1. The molecule has 6 nitrogen and oxygen atoms in total. The van der Waals surface area contributed by atoms with E-state index in [-0.39, 0.29) is 24.0 Å². The van der Waals surface area contributed by atoms with Crippen molar-refractivity contribution in [3.05, 3.63) is 65.2 Å². The molecule has 7 heteroatoms. The first-order valence-corrected chi connectivity index (χ1v) is 9.72. The number of hydrogen-bond acceptors (Lipinski definition) is 4. The van der Waals surface area contributed by atoms with E-state index in [0.717, 1.165) is 56.7 Å². The number of aliphatic imine (C=N–C) groups is 1. The number of halogens is 1. The van der Waals surface area contributed by atoms with Crippen LogP contribution in [0.25, 0.3) is 0 Å². The van der Waals surface area contributed by atoms with Crippen molar-refractivity contribution >= 4 is 29.9 Å². The molecule has 1 heterocycles. The minimum Gasteiger partial charge on any atom is -0.497 e. The van der Waals surface area contributed by atoms with Gasteiger partial charge in [0.25, 0.3) is 0 Å². The molecule has 2 aromatic rings. The Morgan fingerprint density at radius 1 is 1.00 bits per heavy atom. The third kappa shape index (κ3) is 7.83. The van der Waals surface area contributed by atoms with E-state index in [0.29, 0.717) is 6.54 Å². The highest BCUT2D eigenvalue weighted by Crippen LogP contribution is 2.12. The van der Waals surface area contributed by atoms with Gasteiger partial charge in [-0.25, -0.2) is 0 Å². The molecule has 0 radical (unpaired) electrons. The van der Waals surface area contributed by atoms with Crippen LogP contribution in [0, 0.1) is 0 Å². The molecule has 158 valence electrons. The van der Waals surface area contributed by atoms with E-state index in [2.05, 4.69) is 50.9 Å². The minimum absolute atomic E-state index is 0. The fourth-order valence-electron chi connectivity index (χ4n) is 3.23. The molecule has 2 aromatic carbocycles. The third-order valence-corrected chi connectivity index (χ3v) is 4.78. The standard InChI is InChI=1S/C22H30N4O2.HI/c1-23-22(25-16-19-6-4-8-21(14-19)27-2)24-15-18-5-3-7-20(13-18)17-26-9-11-28-12-10-26;/h3-8,13-14H,9-12,15-17H2,1-2H3,(H2,23,24,25);1H. The number of hydrogen-bond donors (Lipinski definition) is 2. The van der Waals surface area contributed by atoms with Crippen LogP contribution in [-0.2, 0) is 24.4 Å². The van der Waals surface area contributed by atoms with Crippen molar-refractivity contribution < 1.29 is 9.47 Å². The molecule has 0 unspecified atom stereocenters. The van der Waals surface area contributed by atoms with Gasteiger partial charge in [-0.1, -0.05) is 36.4 Å². The zero-order valence-corrected chi connectivity index (χ0v) is 19.5. The molecule has 3 rings (SSSR count). The summed E-state index contributed by atoms with van der Waals surface area (Å²) in [6.45, 7) is 6.06. The van der Waals surface area contributed by atoms with Crippen LogP contribution >= 0.6 is 24.0 Å². The lowest BCUT2D eigenvalue weighted by atomic mass is 10.1. The Morgan fingerprint density at radius 3 is 2.28 bits per heavy atom. The molecule has 0 aromatic heterocycles. The van der Waals surface area contributed by atoms with Crippen molar-refractivity contribution in [1.29, 1.82) is 0 Å². The van der Waals surface area contributed by atoms with Gasteiger partial charge in [0.05, 0.1) is 20.3 Å². The Labute approximate surface area is 190 Å². The SMILES string of the molecule is CN=C(NCc1cccc(CN2CCOCC2)c1)NCc1cccc(OC)c1.I. The fraction of sp³-hybridized carbons (Fsp3) is 0.409. The lowest BCUT2D eigenvalue weighted by molar-refractivity contribution is 0.0342. The van der Waals surface area contributed by atoms with Gasteiger partial charge in [-0.3, -0.25) is 9.89 Å². The average molecular weight is 510 g/mol. The Kier molecular flexibility index (Phi) is 10.2. The van der Waals surface area contributed by atoms with E-state index in [9.17, 15) is 0 Å². The summed E-state index contributed by atoms with van der Waals surface area (Å²) in [5.74, 6) is 1.64. The van der Waals surface area contributed by atoms with Crippen molar-refractivity contribution in [1.82, 2.24) is 15.5 Å². The summed E-state index contributed by atoms with van der Waals surface area (Å²) in [6.07, 6.45) is 0. The summed E-state index contributed by atoms with van der Waals surface area (Å²) < 4.78 is 10.7. The Balaban J connectivity index is 0.00000300. The van der Waals surface area contributed by atoms with Crippen LogP contribution in [0.4, 0.5) is 0 Å². The maximum absolute atomic E-state index is 5.43. The summed E-state index contributed by atoms with van der Waals surface area (Å²) in [5, 5.41) is 6.74. The van der Waals surface area contributed by atoms with Gasteiger partial charge in [0.15, 0.2) is 5.96 Å². The van der Waals surface area contributed by atoms with Crippen LogP contribution in [0.3, 0.4) is 0 Å². The Bertz CT molecular complexity index is 779. The number of benzene rings is 2. The molecule has 1 saturated heterocycles. The highest BCUT2D eigenvalue weighted by atomic mass is 127. The summed E-state index contributed by atoms with van der Waals surface area (Å²) in [5.41, 5.74) is 3.73. The Morgan fingerprint density at radius 2 is 1.62 bits per heavy atom. The smallest absolute Gasteiger partial charge is 0.191 e. The van der Waals surface area contributed by atoms with Crippen molar-refractivity contribution in [2.75, 3.05) is 40.5 Å². The van der Waals surface area contributed by atoms with Gasteiger partial charge >= 0.3 is 0 Å². The lowest BCUT2D eigenvalue weighted by Crippen LogP contribution is -2.36. The first-order valence-electron chi connectivity index (χ1n) is 9.72. The molecular formula is C22H31IN4O2. The van der Waals surface area contributed by atoms with E-state index >= 15 is 0 Å². The predicted molar refractivity (Wildman–Crippen MR) is 128 cm³/mol. The van der Waals surface area contributed by atoms with Crippen LogP contribution < -0.4 is 15.4 Å². The first kappa shape index (κ1) is 23.4. The van der Waals surface area contributed by atoms with Gasteiger partial charge in [-0.15, -0.1) is 24.0 Å². The predicted octanol–water partition coefficient (Wildman–Crippen LogP) is 3.01. The second kappa shape index (κ2) is 12.7. The quantitative estimate of drug-likeness (QED) is 0.341. The van der Waals surface area contributed by atoms with E-state index in [1.807, 2.05) is 18.2 Å². The molecule has 1 fully saturated rings. The number of rotatable bonds is 7. The molecule has 0 spiro atoms. The van der Waals surface area contributed by atoms with E-state index in [1.165, 1.54) is 11.1 Å². The fourth-order valence-corrected chi connectivity index (χ4v) is 3.23. The lowest BCUT2D eigenvalue weighted by Gasteiger charge is -2.26. The topological polar surface area (TPSA) is 58.1 Å². The molecular weight excluding hydrogens is 479 g/mol. The van der Waals surface area contributed by atoms with Gasteiger partial charge in [0, 0.05) is 39.8 Å². The van der Waals surface area contributed by atoms with Gasteiger partial charge in [0.2, 0.25) is 0 Å². The molecule has 0 bridgehead atoms. The number of methoxy groups -OCH3 is 1. The summed E-state index contributed by atoms with van der Waals surface area (Å²) in [4.78, 5) is 6.75. The van der Waals surface area contributed by atoms with Crippen LogP contribution in [0.5, 0.6) is 5.75 Å². The number of guanidine groups is 1. The second-order valence-electron chi connectivity index (χ2n) is 6.84. The highest BCUT2D eigenvalue weighted by Gasteiger charge is 2.10. The van der Waals surface area contributed by atoms with Gasteiger partial charge in [-0.05, 0) is 28.8 Å². The molecule has 0 amide bonds. The largest absolute Gasteiger partial charge is 0.497 e. The zero-order valence-electron chi connectivity index (χ0n) is 17.2. The van der Waals surface area contributed by atoms with Crippen LogP contribution in [-0.4, -0.2) is 51.3 Å². The van der Waals surface area contributed by atoms with Crippen molar-refractivity contribution in [2.24, 2.45) is 4.99 Å². The molecule has 0 saturated carbocycles. The van der Waals surface area contributed by atoms with E-state index in [1.54, 1.807) is 14.2 Å². The highest BCUT2D eigenvalue weighted by molar-refractivity contribution is 14.0. The maximum atomic E-state index is 5.43. The van der Waals surface area contributed by atoms with Crippen molar-refractivity contribution in [3.8, 4) is 5.75 Å². The monoisotopic (exact) mass is 510 g/mol. The number of nitrogens with zero attached hydrogens (tertiary/aromatic N) is 2. The van der Waals surface area contributed by atoms with Gasteiger partial charge in [0.1, 0.15) is 5.75 Å². The molecule has 1 aliphatic heterocycles. The number of ether oxygens (including phenoxy) is 2. The first-order chi connectivity index (χ1) is 13.8. The Hall–Kier alpha value is -1.84. The van der Waals surface area contributed by atoms with E-state index < -0.39 is 0 Å². The summed E-state index contributed by atoms with van der Waals surface area (Å²) in [6, 6.07) is 16.7. The summed E-state index contributed by atoms with van der Waals surface area (Å²) >= 11 is 0. The maximum Gasteiger partial charge on any atom is 0.191 e. The van der Waals surface area contributed by atoms with E-state index in [4.69, 9.17) is 9.47 Å². The molecule has 0 atom stereocenters. The number of nitrogens with one attached hydrogen (secondary N) is 2. The second-order valence-corrected chi connectivity index (χ2v) is 6.84. The van der Waals surface area contributed by atoms with Crippen LogP contribution in [0.1, 0.15) is 16.7 Å². The minimum atomic E-state index is 0. The van der Waals surface area contributed by atoms with Crippen LogP contribution in [0.15, 0.2) is 53.5 Å². The summed E-state index contributed by atoms with van der Waals surface area (Å²) in [7, 11) is 3.47. The molecule has 0 aliphatic carbocycles. The van der Waals surface area contributed by atoms with Gasteiger partial charge in [-0.2, -0.15) is 0 Å². The molecule has 1 aliphatic rings. The zero-order chi connectivity index (χ0) is 19.6. The average Bonchev–Trinajstić information content (AvgIpc) is 2.75. The third-order valence-electron chi connectivity index (χ3n) is 4.78. The van der Waals surface area contributed by atoms with Gasteiger partial charge < -0.3 is 20.1 Å². The normalized spacial score (nSPS) is 14.8. The van der Waals surface area contributed by atoms with Crippen molar-refractivity contribution in [2.45, 2.75) is 19.6 Å². The molecule has 2 N–H and O–H groups in total. The molecule has 29 heavy (non-hydrogen) atoms. The van der Waals surface area contributed by atoms with Crippen molar-refractivity contribution in [3.63, 3.8) is 0 Å². The van der Waals surface area contributed by atoms with Crippen LogP contribution in [0.2, 0.25) is 0 Å².